The summed E-state index contributed by atoms with van der Waals surface area (Å²) in [7, 11) is 1.91. The lowest BCUT2D eigenvalue weighted by molar-refractivity contribution is -0.148. The number of carbonyl (C=O) groups is 1. The van der Waals surface area contributed by atoms with E-state index in [2.05, 4.69) is 5.10 Å². The third-order valence-electron chi connectivity index (χ3n) is 4.94. The summed E-state index contributed by atoms with van der Waals surface area (Å²) in [6, 6.07) is 8.03. The minimum absolute atomic E-state index is 0.114. The molecule has 122 valence electrons. The molecular weight excluding hydrogens is 294 g/mol. The second-order valence-electron chi connectivity index (χ2n) is 6.39. The first-order valence-electron chi connectivity index (χ1n) is 8.06. The average molecular weight is 315 g/mol. The summed E-state index contributed by atoms with van der Waals surface area (Å²) in [5.74, 6) is 0.114. The van der Waals surface area contributed by atoms with Crippen LogP contribution in [0.3, 0.4) is 0 Å². The van der Waals surface area contributed by atoms with Gasteiger partial charge in [-0.05, 0) is 12.5 Å². The topological polar surface area (TPSA) is 56.6 Å². The number of nitrogens with zero attached hydrogens (tertiary/aromatic N) is 3. The number of benzene rings is 1. The second kappa shape index (κ2) is 5.62. The number of ether oxygens (including phenoxy) is 2. The van der Waals surface area contributed by atoms with Crippen molar-refractivity contribution in [3.63, 3.8) is 0 Å². The molecule has 0 radical (unpaired) electrons. The zero-order valence-electron chi connectivity index (χ0n) is 13.3. The Labute approximate surface area is 135 Å². The fourth-order valence-electron chi connectivity index (χ4n) is 3.70. The van der Waals surface area contributed by atoms with Crippen LogP contribution in [-0.4, -0.2) is 59.1 Å². The Kier molecular flexibility index (Phi) is 3.58. The van der Waals surface area contributed by atoms with E-state index in [0.717, 1.165) is 23.0 Å². The second-order valence-corrected chi connectivity index (χ2v) is 6.39. The van der Waals surface area contributed by atoms with E-state index >= 15 is 0 Å². The molecule has 0 bridgehead atoms. The summed E-state index contributed by atoms with van der Waals surface area (Å²) in [6.45, 7) is 3.06. The Morgan fingerprint density at radius 1 is 1.26 bits per heavy atom. The lowest BCUT2D eigenvalue weighted by Gasteiger charge is -2.43. The highest BCUT2D eigenvalue weighted by molar-refractivity contribution is 5.88. The van der Waals surface area contributed by atoms with Crippen molar-refractivity contribution in [2.75, 3.05) is 33.0 Å². The minimum Gasteiger partial charge on any atom is -0.379 e. The molecule has 2 aliphatic heterocycles. The van der Waals surface area contributed by atoms with Gasteiger partial charge >= 0.3 is 0 Å². The molecule has 2 fully saturated rings. The standard InChI is InChI=1S/C17H21N3O3/c1-19-15-5-3-2-4-13(15)14(18-19)10-16(21)20-7-9-23-12-17(20)6-8-22-11-17/h2-5H,6-12H2,1H3/t17-/m0/s1. The van der Waals surface area contributed by atoms with Crippen LogP contribution in [0.4, 0.5) is 0 Å². The molecule has 1 atom stereocenters. The number of para-hydroxylation sites is 1. The molecule has 1 amide bonds. The number of fused-ring (bicyclic) bond motifs is 1. The van der Waals surface area contributed by atoms with Crippen LogP contribution in [0.5, 0.6) is 0 Å². The van der Waals surface area contributed by atoms with Crippen molar-refractivity contribution in [2.24, 2.45) is 7.05 Å². The van der Waals surface area contributed by atoms with Crippen LogP contribution >= 0.6 is 0 Å². The maximum Gasteiger partial charge on any atom is 0.229 e. The quantitative estimate of drug-likeness (QED) is 0.834. The first-order valence-corrected chi connectivity index (χ1v) is 8.06. The summed E-state index contributed by atoms with van der Waals surface area (Å²) in [5.41, 5.74) is 1.62. The molecule has 6 heteroatoms. The van der Waals surface area contributed by atoms with Gasteiger partial charge in [-0.1, -0.05) is 18.2 Å². The van der Waals surface area contributed by atoms with Gasteiger partial charge in [0, 0.05) is 25.6 Å². The summed E-state index contributed by atoms with van der Waals surface area (Å²) in [6.07, 6.45) is 1.17. The molecule has 0 aliphatic carbocycles. The normalized spacial score (nSPS) is 24.7. The molecule has 2 saturated heterocycles. The van der Waals surface area contributed by atoms with Crippen molar-refractivity contribution in [2.45, 2.75) is 18.4 Å². The molecule has 4 rings (SSSR count). The van der Waals surface area contributed by atoms with E-state index in [4.69, 9.17) is 9.47 Å². The van der Waals surface area contributed by atoms with Crippen molar-refractivity contribution in [3.05, 3.63) is 30.0 Å². The van der Waals surface area contributed by atoms with Gasteiger partial charge < -0.3 is 14.4 Å². The Hall–Kier alpha value is -1.92. The predicted octanol–water partition coefficient (Wildman–Crippen LogP) is 1.13. The molecule has 0 saturated carbocycles. The largest absolute Gasteiger partial charge is 0.379 e. The van der Waals surface area contributed by atoms with Crippen LogP contribution in [0.15, 0.2) is 24.3 Å². The van der Waals surface area contributed by atoms with Gasteiger partial charge in [0.25, 0.3) is 0 Å². The van der Waals surface area contributed by atoms with Crippen molar-refractivity contribution in [3.8, 4) is 0 Å². The Morgan fingerprint density at radius 3 is 2.87 bits per heavy atom. The highest BCUT2D eigenvalue weighted by Gasteiger charge is 2.45. The molecule has 6 nitrogen and oxygen atoms in total. The van der Waals surface area contributed by atoms with Crippen molar-refractivity contribution < 1.29 is 14.3 Å². The molecule has 23 heavy (non-hydrogen) atoms. The zero-order chi connectivity index (χ0) is 15.9. The number of aromatic nitrogens is 2. The highest BCUT2D eigenvalue weighted by atomic mass is 16.5. The number of hydrogen-bond acceptors (Lipinski definition) is 4. The molecule has 0 unspecified atom stereocenters. The van der Waals surface area contributed by atoms with Gasteiger partial charge in [-0.2, -0.15) is 5.10 Å². The molecule has 3 heterocycles. The van der Waals surface area contributed by atoms with Crippen molar-refractivity contribution >= 4 is 16.8 Å². The molecular formula is C17H21N3O3. The van der Waals surface area contributed by atoms with E-state index in [1.54, 1.807) is 0 Å². The highest BCUT2D eigenvalue weighted by Crippen LogP contribution is 2.30. The van der Waals surface area contributed by atoms with Crippen LogP contribution in [0, 0.1) is 0 Å². The van der Waals surface area contributed by atoms with Crippen LogP contribution in [-0.2, 0) is 27.7 Å². The number of carbonyl (C=O) groups excluding carboxylic acids is 1. The lowest BCUT2D eigenvalue weighted by atomic mass is 9.95. The first kappa shape index (κ1) is 14.7. The summed E-state index contributed by atoms with van der Waals surface area (Å²) >= 11 is 0. The van der Waals surface area contributed by atoms with E-state index in [-0.39, 0.29) is 11.4 Å². The van der Waals surface area contributed by atoms with Gasteiger partial charge in [0.15, 0.2) is 0 Å². The van der Waals surface area contributed by atoms with Gasteiger partial charge in [-0.15, -0.1) is 0 Å². The van der Waals surface area contributed by atoms with Gasteiger partial charge in [-0.3, -0.25) is 9.48 Å². The van der Waals surface area contributed by atoms with Gasteiger partial charge in [0.2, 0.25) is 5.91 Å². The Bertz CT molecular complexity index is 734. The van der Waals surface area contributed by atoms with Crippen LogP contribution in [0.1, 0.15) is 12.1 Å². The lowest BCUT2D eigenvalue weighted by Crippen LogP contribution is -2.60. The molecule has 1 aromatic heterocycles. The van der Waals surface area contributed by atoms with E-state index < -0.39 is 0 Å². The van der Waals surface area contributed by atoms with Gasteiger partial charge in [-0.25, -0.2) is 0 Å². The fourth-order valence-corrected chi connectivity index (χ4v) is 3.70. The van der Waals surface area contributed by atoms with E-state index in [9.17, 15) is 4.79 Å². The molecule has 2 aromatic rings. The summed E-state index contributed by atoms with van der Waals surface area (Å²) < 4.78 is 13.0. The van der Waals surface area contributed by atoms with Crippen LogP contribution in [0.2, 0.25) is 0 Å². The minimum atomic E-state index is -0.278. The van der Waals surface area contributed by atoms with Gasteiger partial charge in [0.05, 0.1) is 43.0 Å². The van der Waals surface area contributed by atoms with Gasteiger partial charge in [0.1, 0.15) is 0 Å². The summed E-state index contributed by atoms with van der Waals surface area (Å²) in [5, 5.41) is 5.60. The first-order chi connectivity index (χ1) is 11.2. The zero-order valence-corrected chi connectivity index (χ0v) is 13.3. The summed E-state index contributed by atoms with van der Waals surface area (Å²) in [4.78, 5) is 14.9. The average Bonchev–Trinajstić information content (AvgIpc) is 3.14. The predicted molar refractivity (Wildman–Crippen MR) is 85.1 cm³/mol. The number of amides is 1. The maximum atomic E-state index is 12.9. The third kappa shape index (κ3) is 2.42. The third-order valence-corrected chi connectivity index (χ3v) is 4.94. The monoisotopic (exact) mass is 315 g/mol. The van der Waals surface area contributed by atoms with E-state index in [1.165, 1.54) is 0 Å². The smallest absolute Gasteiger partial charge is 0.229 e. The van der Waals surface area contributed by atoms with E-state index in [0.29, 0.717) is 39.4 Å². The molecule has 1 spiro atoms. The van der Waals surface area contributed by atoms with Crippen molar-refractivity contribution in [1.82, 2.24) is 14.7 Å². The maximum absolute atomic E-state index is 12.9. The SMILES string of the molecule is Cn1nc(CC(=O)N2CCOC[C@@]23CCOC3)c2ccccc21. The number of morpholine rings is 1. The van der Waals surface area contributed by atoms with Crippen molar-refractivity contribution in [1.29, 1.82) is 0 Å². The van der Waals surface area contributed by atoms with Crippen LogP contribution < -0.4 is 0 Å². The number of aryl methyl sites for hydroxylation is 1. The van der Waals surface area contributed by atoms with Crippen LogP contribution in [0.25, 0.3) is 10.9 Å². The number of hydrogen-bond donors (Lipinski definition) is 0. The fraction of sp³-hybridized carbons (Fsp3) is 0.529. The molecule has 1 aromatic carbocycles. The van der Waals surface area contributed by atoms with E-state index in [1.807, 2.05) is 40.9 Å². The molecule has 2 aliphatic rings. The Balaban J connectivity index is 1.61. The Morgan fingerprint density at radius 2 is 2.04 bits per heavy atom. The number of rotatable bonds is 2. The molecule has 0 N–H and O–H groups in total.